The Morgan fingerprint density at radius 3 is 2.83 bits per heavy atom. The summed E-state index contributed by atoms with van der Waals surface area (Å²) in [6.07, 6.45) is -0.390. The molecule has 2 aromatic rings. The fraction of sp³-hybridized carbons (Fsp3) is 0.167. The van der Waals surface area contributed by atoms with Crippen molar-refractivity contribution in [3.8, 4) is 6.07 Å². The topological polar surface area (TPSA) is 176 Å². The van der Waals surface area contributed by atoms with Crippen molar-refractivity contribution >= 4 is 28.9 Å². The van der Waals surface area contributed by atoms with Gasteiger partial charge in [-0.25, -0.2) is 4.98 Å². The minimum atomic E-state index is -2.41. The molecular formula is C12H9N5O5S. The number of aromatic amines is 1. The summed E-state index contributed by atoms with van der Waals surface area (Å²) in [5.74, 6) is -2.17. The summed E-state index contributed by atoms with van der Waals surface area (Å²) in [5, 5.41) is 33.4. The van der Waals surface area contributed by atoms with Gasteiger partial charge in [0.25, 0.3) is 0 Å². The van der Waals surface area contributed by atoms with Crippen molar-refractivity contribution in [2.45, 2.75) is 11.8 Å². The van der Waals surface area contributed by atoms with E-state index in [0.29, 0.717) is 5.56 Å². The Morgan fingerprint density at radius 2 is 2.35 bits per heavy atom. The van der Waals surface area contributed by atoms with Crippen molar-refractivity contribution in [3.05, 3.63) is 48.6 Å². The molecule has 1 atom stereocenters. The van der Waals surface area contributed by atoms with E-state index in [1.807, 2.05) is 4.98 Å². The number of hydrogen-bond acceptors (Lipinski definition) is 8. The molecule has 0 bridgehead atoms. The molecule has 0 amide bonds. The van der Waals surface area contributed by atoms with Gasteiger partial charge in [-0.2, -0.15) is 16.6 Å². The van der Waals surface area contributed by atoms with Crippen molar-refractivity contribution in [1.82, 2.24) is 9.97 Å². The van der Waals surface area contributed by atoms with Gasteiger partial charge in [0.2, 0.25) is 11.4 Å². The first kappa shape index (κ1) is 16.1. The Morgan fingerprint density at radius 1 is 1.65 bits per heavy atom. The normalized spacial score (nSPS) is 13.0. The quantitative estimate of drug-likeness (QED) is 0.519. The summed E-state index contributed by atoms with van der Waals surface area (Å²) in [7, 11) is 0. The number of carboxylic acids is 1. The zero-order chi connectivity index (χ0) is 17.2. The maximum absolute atomic E-state index is 11.8. The molecule has 23 heavy (non-hydrogen) atoms. The van der Waals surface area contributed by atoms with Crippen LogP contribution in [0.3, 0.4) is 0 Å². The van der Waals surface area contributed by atoms with Gasteiger partial charge in [0.1, 0.15) is 0 Å². The third-order valence-electron chi connectivity index (χ3n) is 3.11. The van der Waals surface area contributed by atoms with E-state index < -0.39 is 39.2 Å². The summed E-state index contributed by atoms with van der Waals surface area (Å²) in [4.78, 5) is 39.1. The van der Waals surface area contributed by atoms with Crippen LogP contribution in [0.25, 0.3) is 0 Å². The number of nitrogens with one attached hydrogen (secondary N) is 1. The maximum Gasteiger partial charge on any atom is 0.357 e. The lowest BCUT2D eigenvalue weighted by molar-refractivity contribution is -0.387. The molecule has 0 spiro atoms. The molecule has 0 aromatic carbocycles. The molecular weight excluding hydrogens is 328 g/mol. The number of nitrogens with two attached hydrogens (primary N) is 1. The van der Waals surface area contributed by atoms with Gasteiger partial charge in [-0.1, -0.05) is 0 Å². The molecule has 10 nitrogen and oxygen atoms in total. The lowest BCUT2D eigenvalue weighted by Gasteiger charge is -2.20. The minimum absolute atomic E-state index is 0.390. The minimum Gasteiger partial charge on any atom is -0.480 e. The van der Waals surface area contributed by atoms with Crippen LogP contribution in [0.5, 0.6) is 0 Å². The lowest BCUT2D eigenvalue weighted by Crippen LogP contribution is -2.40. The Bertz CT molecular complexity index is 869. The summed E-state index contributed by atoms with van der Waals surface area (Å²) in [6, 6.07) is 3.12. The van der Waals surface area contributed by atoms with Crippen molar-refractivity contribution < 1.29 is 14.8 Å². The monoisotopic (exact) mass is 337 g/mol. The van der Waals surface area contributed by atoms with Crippen LogP contribution in [0.2, 0.25) is 0 Å². The highest BCUT2D eigenvalue weighted by Gasteiger charge is 2.49. The third kappa shape index (κ3) is 2.74. The average Bonchev–Trinajstić information content (AvgIpc) is 2.95. The fourth-order valence-electron chi connectivity index (χ4n) is 2.05. The molecule has 2 heterocycles. The van der Waals surface area contributed by atoms with Crippen molar-refractivity contribution in [3.63, 3.8) is 0 Å². The van der Waals surface area contributed by atoms with E-state index in [4.69, 9.17) is 5.73 Å². The van der Waals surface area contributed by atoms with Gasteiger partial charge >= 0.3 is 17.2 Å². The van der Waals surface area contributed by atoms with Gasteiger partial charge in [0, 0.05) is 6.42 Å². The standard InChI is InChI=1S/C12H9N5O5S/c13-5-12(10(19)20,3-6-1-2-23-4-6)8-7(17(21)22)9(18)16-11(14)15-8/h1-2,4H,3H2,(H,19,20)(H3,14,15,16,18)/i5+2. The molecule has 0 aliphatic rings. The van der Waals surface area contributed by atoms with Crippen molar-refractivity contribution in [1.29, 1.82) is 5.26 Å². The zero-order valence-corrected chi connectivity index (χ0v) is 12.2. The van der Waals surface area contributed by atoms with Crippen LogP contribution in [0.1, 0.15) is 11.3 Å². The number of nitro groups is 1. The number of rotatable bonds is 5. The van der Waals surface area contributed by atoms with Crippen LogP contribution in [0.15, 0.2) is 21.6 Å². The number of nitriles is 1. The Hall–Kier alpha value is -3.26. The zero-order valence-electron chi connectivity index (χ0n) is 11.3. The number of aromatic nitrogens is 2. The number of H-pyrrole nitrogens is 1. The summed E-state index contributed by atoms with van der Waals surface area (Å²) in [6.45, 7) is 0. The summed E-state index contributed by atoms with van der Waals surface area (Å²) >= 11 is 1.27. The molecule has 1 unspecified atom stereocenters. The number of thiophene rings is 1. The Kier molecular flexibility index (Phi) is 4.10. The van der Waals surface area contributed by atoms with Gasteiger partial charge in [-0.3, -0.25) is 24.7 Å². The lowest BCUT2D eigenvalue weighted by atomic mass is 9.88. The predicted octanol–water partition coefficient (Wildman–Crippen LogP) is 0.410. The second-order valence-electron chi connectivity index (χ2n) is 4.54. The molecule has 0 saturated carbocycles. The molecule has 2 aromatic heterocycles. The van der Waals surface area contributed by atoms with E-state index in [9.17, 15) is 30.1 Å². The van der Waals surface area contributed by atoms with E-state index >= 15 is 0 Å². The van der Waals surface area contributed by atoms with Gasteiger partial charge < -0.3 is 10.8 Å². The molecule has 0 aliphatic heterocycles. The van der Waals surface area contributed by atoms with Crippen LogP contribution >= 0.6 is 11.3 Å². The number of carboxylic acid groups (broad SMARTS) is 1. The third-order valence-corrected chi connectivity index (χ3v) is 3.84. The van der Waals surface area contributed by atoms with E-state index in [1.165, 1.54) is 11.3 Å². The van der Waals surface area contributed by atoms with Gasteiger partial charge in [-0.15, -0.1) is 0 Å². The van der Waals surface area contributed by atoms with Crippen LogP contribution < -0.4 is 11.3 Å². The number of nitrogens with zero attached hydrogens (tertiary/aromatic N) is 3. The highest BCUT2D eigenvalue weighted by molar-refractivity contribution is 7.07. The Balaban J connectivity index is 2.80. The van der Waals surface area contributed by atoms with E-state index in [-0.39, 0.29) is 6.42 Å². The summed E-state index contributed by atoms with van der Waals surface area (Å²) in [5.41, 5.74) is 0.301. The number of aliphatic carboxylic acids is 1. The molecule has 4 N–H and O–H groups in total. The first-order valence-electron chi connectivity index (χ1n) is 6.02. The second kappa shape index (κ2) is 5.85. The molecule has 2 rings (SSSR count). The van der Waals surface area contributed by atoms with Gasteiger partial charge in [-0.05, 0) is 22.4 Å². The van der Waals surface area contributed by atoms with Crippen LogP contribution in [-0.2, 0) is 16.6 Å². The average molecular weight is 337 g/mol. The van der Waals surface area contributed by atoms with Crippen LogP contribution in [0.4, 0.5) is 11.6 Å². The van der Waals surface area contributed by atoms with Crippen LogP contribution in [0, 0.1) is 21.4 Å². The van der Waals surface area contributed by atoms with Crippen molar-refractivity contribution in [2.24, 2.45) is 0 Å². The number of carbonyl (C=O) groups is 1. The van der Waals surface area contributed by atoms with E-state index in [2.05, 4.69) is 4.98 Å². The molecule has 0 aliphatic carbocycles. The highest BCUT2D eigenvalue weighted by Crippen LogP contribution is 2.32. The van der Waals surface area contributed by atoms with E-state index in [1.54, 1.807) is 22.9 Å². The second-order valence-corrected chi connectivity index (χ2v) is 5.32. The number of anilines is 1. The molecule has 0 radical (unpaired) electrons. The smallest absolute Gasteiger partial charge is 0.357 e. The highest BCUT2D eigenvalue weighted by atomic mass is 32.1. The maximum atomic E-state index is 11.8. The summed E-state index contributed by atoms with van der Waals surface area (Å²) < 4.78 is 0. The van der Waals surface area contributed by atoms with Gasteiger partial charge in [0.15, 0.2) is 5.69 Å². The van der Waals surface area contributed by atoms with Crippen LogP contribution in [-0.4, -0.2) is 26.0 Å². The molecule has 11 heteroatoms. The predicted molar refractivity (Wildman–Crippen MR) is 78.9 cm³/mol. The fourth-order valence-corrected chi connectivity index (χ4v) is 2.72. The molecule has 118 valence electrons. The first-order valence-corrected chi connectivity index (χ1v) is 6.96. The number of hydrogen-bond donors (Lipinski definition) is 3. The Labute approximate surface area is 132 Å². The SMILES string of the molecule is N#[14C]C(Cc1ccsc1)(C(=O)O)c1nc(N)[nH]c(=O)c1[N+](=O)[O-]. The van der Waals surface area contributed by atoms with E-state index in [0.717, 1.165) is 0 Å². The first-order chi connectivity index (χ1) is 10.8. The molecule has 0 fully saturated rings. The largest absolute Gasteiger partial charge is 0.480 e. The van der Waals surface area contributed by atoms with Crippen molar-refractivity contribution in [2.75, 3.05) is 5.73 Å². The van der Waals surface area contributed by atoms with Gasteiger partial charge in [0.05, 0.1) is 11.0 Å². The molecule has 0 saturated heterocycles. The number of nitrogen functional groups attached to an aromatic ring is 1.